The van der Waals surface area contributed by atoms with E-state index in [0.29, 0.717) is 22.1 Å². The lowest BCUT2D eigenvalue weighted by atomic mass is 10.1. The Morgan fingerprint density at radius 3 is 2.24 bits per heavy atom. The zero-order valence-electron chi connectivity index (χ0n) is 12.7. The number of likely N-dealkylation sites (tertiary alicyclic amines) is 1. The average Bonchev–Trinajstić information content (AvgIpc) is 2.45. The molecule has 116 valence electrons. The molecule has 0 bridgehead atoms. The normalized spacial score (nSPS) is 16.0. The molecule has 4 nitrogen and oxygen atoms in total. The van der Waals surface area contributed by atoms with Crippen molar-refractivity contribution in [2.75, 3.05) is 27.3 Å². The first-order valence-corrected chi connectivity index (χ1v) is 7.76. The Morgan fingerprint density at radius 2 is 1.67 bits per heavy atom. The number of hydrogen-bond acceptors (Lipinski definition) is 3. The minimum atomic E-state index is 0.0137. The quantitative estimate of drug-likeness (QED) is 0.853. The van der Waals surface area contributed by atoms with Gasteiger partial charge >= 0.3 is 0 Å². The highest BCUT2D eigenvalue weighted by Crippen LogP contribution is 2.36. The van der Waals surface area contributed by atoms with E-state index in [4.69, 9.17) is 21.1 Å². The molecular formula is C16H22ClNO3. The number of carbonyl (C=O) groups excluding carboxylic acids is 1. The maximum absolute atomic E-state index is 12.7. The van der Waals surface area contributed by atoms with Crippen molar-refractivity contribution in [2.45, 2.75) is 32.1 Å². The van der Waals surface area contributed by atoms with E-state index in [1.165, 1.54) is 26.4 Å². The molecule has 0 atom stereocenters. The van der Waals surface area contributed by atoms with E-state index in [2.05, 4.69) is 0 Å². The summed E-state index contributed by atoms with van der Waals surface area (Å²) in [5, 5.41) is 0.396. The number of halogens is 1. The van der Waals surface area contributed by atoms with Crippen LogP contribution < -0.4 is 9.47 Å². The Morgan fingerprint density at radius 1 is 1.05 bits per heavy atom. The topological polar surface area (TPSA) is 38.8 Å². The first kappa shape index (κ1) is 16.0. The molecule has 1 amide bonds. The number of amides is 1. The van der Waals surface area contributed by atoms with Crippen LogP contribution in [0.4, 0.5) is 0 Å². The number of ether oxygens (including phenoxy) is 2. The van der Waals surface area contributed by atoms with Crippen LogP contribution >= 0.6 is 11.6 Å². The van der Waals surface area contributed by atoms with Gasteiger partial charge in [-0.3, -0.25) is 4.79 Å². The number of methoxy groups -OCH3 is 2. The van der Waals surface area contributed by atoms with Gasteiger partial charge in [-0.2, -0.15) is 0 Å². The minimum absolute atomic E-state index is 0.0137. The van der Waals surface area contributed by atoms with Crippen LogP contribution in [-0.4, -0.2) is 38.1 Å². The summed E-state index contributed by atoms with van der Waals surface area (Å²) < 4.78 is 10.5. The zero-order valence-corrected chi connectivity index (χ0v) is 13.4. The van der Waals surface area contributed by atoms with Gasteiger partial charge in [0.05, 0.1) is 19.2 Å². The Kier molecular flexibility index (Phi) is 5.74. The standard InChI is InChI=1S/C16H22ClNO3/c1-20-14-11-12(10-13(17)15(14)21-2)16(19)18-8-6-4-3-5-7-9-18/h10-11H,3-9H2,1-2H3. The Bertz CT molecular complexity index is 497. The lowest BCUT2D eigenvalue weighted by Gasteiger charge is -2.25. The zero-order chi connectivity index (χ0) is 15.2. The predicted octanol–water partition coefficient (Wildman–Crippen LogP) is 3.76. The first-order valence-electron chi connectivity index (χ1n) is 7.38. The third kappa shape index (κ3) is 3.82. The smallest absolute Gasteiger partial charge is 0.254 e. The Hall–Kier alpha value is -1.42. The first-order chi connectivity index (χ1) is 10.2. The molecule has 5 heteroatoms. The maximum Gasteiger partial charge on any atom is 0.254 e. The van der Waals surface area contributed by atoms with E-state index in [1.54, 1.807) is 19.2 Å². The second kappa shape index (κ2) is 7.55. The van der Waals surface area contributed by atoms with Crippen molar-refractivity contribution in [2.24, 2.45) is 0 Å². The van der Waals surface area contributed by atoms with Crippen LogP contribution in [-0.2, 0) is 0 Å². The molecule has 1 aliphatic rings. The highest BCUT2D eigenvalue weighted by Gasteiger charge is 2.20. The Labute approximate surface area is 131 Å². The summed E-state index contributed by atoms with van der Waals surface area (Å²) in [6.45, 7) is 1.62. The lowest BCUT2D eigenvalue weighted by Crippen LogP contribution is -2.33. The molecular weight excluding hydrogens is 290 g/mol. The molecule has 0 aliphatic carbocycles. The molecule has 1 aliphatic heterocycles. The number of benzene rings is 1. The Balaban J connectivity index is 2.23. The van der Waals surface area contributed by atoms with Gasteiger partial charge in [0.1, 0.15) is 0 Å². The molecule has 1 aromatic rings. The molecule has 0 aromatic heterocycles. The summed E-state index contributed by atoms with van der Waals surface area (Å²) in [4.78, 5) is 14.6. The molecule has 1 aromatic carbocycles. The van der Waals surface area contributed by atoms with E-state index >= 15 is 0 Å². The molecule has 0 radical (unpaired) electrons. The highest BCUT2D eigenvalue weighted by molar-refractivity contribution is 6.32. The van der Waals surface area contributed by atoms with E-state index in [1.807, 2.05) is 4.90 Å². The van der Waals surface area contributed by atoms with Crippen molar-refractivity contribution in [3.63, 3.8) is 0 Å². The molecule has 0 saturated carbocycles. The van der Waals surface area contributed by atoms with Crippen LogP contribution in [0, 0.1) is 0 Å². The number of rotatable bonds is 3. The third-order valence-corrected chi connectivity index (χ3v) is 4.10. The van der Waals surface area contributed by atoms with Gasteiger partial charge < -0.3 is 14.4 Å². The van der Waals surface area contributed by atoms with Crippen molar-refractivity contribution in [1.82, 2.24) is 4.90 Å². The van der Waals surface area contributed by atoms with Crippen molar-refractivity contribution in [3.05, 3.63) is 22.7 Å². The second-order valence-corrected chi connectivity index (χ2v) is 5.66. The minimum Gasteiger partial charge on any atom is -0.493 e. The molecule has 0 N–H and O–H groups in total. The van der Waals surface area contributed by atoms with Gasteiger partial charge in [-0.1, -0.05) is 30.9 Å². The summed E-state index contributed by atoms with van der Waals surface area (Å²) in [5.74, 6) is 0.962. The fraction of sp³-hybridized carbons (Fsp3) is 0.562. The van der Waals surface area contributed by atoms with E-state index < -0.39 is 0 Å². The third-order valence-electron chi connectivity index (χ3n) is 3.82. The van der Waals surface area contributed by atoms with Gasteiger partial charge in [-0.25, -0.2) is 0 Å². The van der Waals surface area contributed by atoms with Gasteiger partial charge in [0.15, 0.2) is 11.5 Å². The number of carbonyl (C=O) groups is 1. The summed E-state index contributed by atoms with van der Waals surface area (Å²) in [7, 11) is 3.07. The largest absolute Gasteiger partial charge is 0.493 e. The van der Waals surface area contributed by atoms with Crippen molar-refractivity contribution in [1.29, 1.82) is 0 Å². The van der Waals surface area contributed by atoms with Crippen molar-refractivity contribution >= 4 is 17.5 Å². The fourth-order valence-electron chi connectivity index (χ4n) is 2.67. The van der Waals surface area contributed by atoms with Crippen LogP contribution in [0.15, 0.2) is 12.1 Å². The molecule has 0 unspecified atom stereocenters. The summed E-state index contributed by atoms with van der Waals surface area (Å²) >= 11 is 6.18. The van der Waals surface area contributed by atoms with Gasteiger partial charge in [0, 0.05) is 18.7 Å². The summed E-state index contributed by atoms with van der Waals surface area (Å²) in [6, 6.07) is 3.36. The average molecular weight is 312 g/mol. The van der Waals surface area contributed by atoms with Crippen molar-refractivity contribution in [3.8, 4) is 11.5 Å². The SMILES string of the molecule is COc1cc(C(=O)N2CCCCCCC2)cc(Cl)c1OC. The fourth-order valence-corrected chi connectivity index (χ4v) is 2.96. The number of hydrogen-bond donors (Lipinski definition) is 0. The summed E-state index contributed by atoms with van der Waals surface area (Å²) in [5.41, 5.74) is 0.554. The number of nitrogens with zero attached hydrogens (tertiary/aromatic N) is 1. The lowest BCUT2D eigenvalue weighted by molar-refractivity contribution is 0.0742. The van der Waals surface area contributed by atoms with Gasteiger partial charge in [0.2, 0.25) is 0 Å². The van der Waals surface area contributed by atoms with Crippen LogP contribution in [0.25, 0.3) is 0 Å². The maximum atomic E-state index is 12.7. The molecule has 21 heavy (non-hydrogen) atoms. The molecule has 0 spiro atoms. The molecule has 1 heterocycles. The van der Waals surface area contributed by atoms with Gasteiger partial charge in [-0.05, 0) is 25.0 Å². The van der Waals surface area contributed by atoms with E-state index in [9.17, 15) is 4.79 Å². The van der Waals surface area contributed by atoms with Gasteiger partial charge in [-0.15, -0.1) is 0 Å². The highest BCUT2D eigenvalue weighted by atomic mass is 35.5. The van der Waals surface area contributed by atoms with Crippen LogP contribution in [0.5, 0.6) is 11.5 Å². The molecule has 1 saturated heterocycles. The second-order valence-electron chi connectivity index (χ2n) is 5.25. The van der Waals surface area contributed by atoms with Gasteiger partial charge in [0.25, 0.3) is 5.91 Å². The molecule has 1 fully saturated rings. The van der Waals surface area contributed by atoms with Crippen LogP contribution in [0.1, 0.15) is 42.5 Å². The summed E-state index contributed by atoms with van der Waals surface area (Å²) in [6.07, 6.45) is 5.77. The monoisotopic (exact) mass is 311 g/mol. The van der Waals surface area contributed by atoms with Crippen LogP contribution in [0.2, 0.25) is 5.02 Å². The van der Waals surface area contributed by atoms with E-state index in [0.717, 1.165) is 25.9 Å². The van der Waals surface area contributed by atoms with Crippen molar-refractivity contribution < 1.29 is 14.3 Å². The predicted molar refractivity (Wildman–Crippen MR) is 83.5 cm³/mol. The van der Waals surface area contributed by atoms with Crippen LogP contribution in [0.3, 0.4) is 0 Å². The van der Waals surface area contributed by atoms with E-state index in [-0.39, 0.29) is 5.91 Å². The molecule has 2 rings (SSSR count).